The molecule has 0 bridgehead atoms. The van der Waals surface area contributed by atoms with Crippen molar-refractivity contribution < 1.29 is 85.0 Å². The van der Waals surface area contributed by atoms with Gasteiger partial charge in [0.25, 0.3) is 11.8 Å². The molecule has 0 saturated carbocycles. The Kier molecular flexibility index (Phi) is 22.3. The number of hydrogen-bond acceptors (Lipinski definition) is 19. The summed E-state index contributed by atoms with van der Waals surface area (Å²) < 4.78 is 71.2. The Morgan fingerprint density at radius 1 is 0.741 bits per heavy atom. The Morgan fingerprint density at radius 2 is 1.38 bits per heavy atom. The molecule has 7 amide bonds. The number of fused-ring (bicyclic) bond motifs is 4. The molecule has 6 N–H and O–H groups in total. The topological polar surface area (TPSA) is 330 Å². The van der Waals surface area contributed by atoms with Crippen LogP contribution in [-0.2, 0) is 50.1 Å². The molecular weight excluding hydrogens is 1130 g/mol. The van der Waals surface area contributed by atoms with Gasteiger partial charge >= 0.3 is 22.4 Å². The van der Waals surface area contributed by atoms with Gasteiger partial charge in [0.2, 0.25) is 17.7 Å². The standard InChI is InChI=1S/C57H73N9O18S/c1-33(2)50(62-49(67)32-81-21-20-80-19-16-59-85(75,76)63-56(73)79-8)52(69)60-36(5)51(68)61-38-14-12-37(13-15-38)31-84-57(74)66-43-27-48(46(78-7)25-41(43)54(71)65-30-35(4)23-44(65)55(66)72)83-18-11-9-10-17-82-47-26-42-40(24-45(47)77-6)53(70)64-29-34(3)22-39(64)28-58-42/h12-15,24-30,33,36,39,44,50,55,59,72H,9-11,16-23,31-32H2,1-8H3,(H,60,69)(H,61,68)(H,62,67)(H,63,73)/t36-,39?,44-,50-,55-/m0/s1. The summed E-state index contributed by atoms with van der Waals surface area (Å²) in [5, 5.41) is 19.8. The van der Waals surface area contributed by atoms with Crippen LogP contribution in [0.2, 0.25) is 0 Å². The van der Waals surface area contributed by atoms with Gasteiger partial charge in [0.1, 0.15) is 25.3 Å². The van der Waals surface area contributed by atoms with Gasteiger partial charge in [-0.1, -0.05) is 37.1 Å². The molecule has 27 nitrogen and oxygen atoms in total. The first-order valence-corrected chi connectivity index (χ1v) is 29.0. The summed E-state index contributed by atoms with van der Waals surface area (Å²) in [6, 6.07) is 9.66. The molecule has 3 aromatic rings. The molecule has 0 fully saturated rings. The molecule has 3 aromatic carbocycles. The van der Waals surface area contributed by atoms with Gasteiger partial charge in [0.05, 0.1) is 88.9 Å². The second-order valence-electron chi connectivity index (χ2n) is 20.7. The number of carbonyl (C=O) groups is 7. The summed E-state index contributed by atoms with van der Waals surface area (Å²) in [6.07, 6.45) is 4.57. The predicted molar refractivity (Wildman–Crippen MR) is 308 cm³/mol. The van der Waals surface area contributed by atoms with Crippen molar-refractivity contribution in [3.8, 4) is 23.0 Å². The quantitative estimate of drug-likeness (QED) is 0.0542. The Balaban J connectivity index is 0.884. The summed E-state index contributed by atoms with van der Waals surface area (Å²) >= 11 is 0. The first kappa shape index (κ1) is 64.3. The number of aliphatic hydroxyl groups excluding tert-OH is 1. The van der Waals surface area contributed by atoms with Crippen molar-refractivity contribution in [1.82, 2.24) is 29.9 Å². The molecule has 28 heteroatoms. The van der Waals surface area contributed by atoms with E-state index in [2.05, 4.69) is 30.4 Å². The zero-order valence-electron chi connectivity index (χ0n) is 48.6. The number of carbonyl (C=O) groups excluding carboxylic acids is 7. The lowest BCUT2D eigenvalue weighted by atomic mass is 10.0. The molecule has 0 spiro atoms. The van der Waals surface area contributed by atoms with E-state index in [-0.39, 0.29) is 80.2 Å². The van der Waals surface area contributed by atoms with Crippen LogP contribution in [0.4, 0.5) is 26.7 Å². The van der Waals surface area contributed by atoms with Crippen molar-refractivity contribution in [3.05, 3.63) is 88.8 Å². The van der Waals surface area contributed by atoms with E-state index in [4.69, 9.17) is 33.2 Å². The maximum Gasteiger partial charge on any atom is 0.421 e. The third-order valence-electron chi connectivity index (χ3n) is 13.9. The van der Waals surface area contributed by atoms with Crippen LogP contribution in [-0.4, -0.2) is 169 Å². The fourth-order valence-electron chi connectivity index (χ4n) is 9.51. The Bertz CT molecular complexity index is 3170. The highest BCUT2D eigenvalue weighted by atomic mass is 32.2. The minimum absolute atomic E-state index is 0.00539. The van der Waals surface area contributed by atoms with Gasteiger partial charge in [-0.2, -0.15) is 13.1 Å². The second-order valence-corrected chi connectivity index (χ2v) is 22.2. The number of aliphatic imine (C=N–C) groups is 1. The molecule has 0 aliphatic carbocycles. The van der Waals surface area contributed by atoms with Crippen molar-refractivity contribution in [1.29, 1.82) is 0 Å². The lowest BCUT2D eigenvalue weighted by Crippen LogP contribution is -2.54. The number of methoxy groups -OCH3 is 3. The summed E-state index contributed by atoms with van der Waals surface area (Å²) in [4.78, 5) is 101. The minimum atomic E-state index is -4.12. The van der Waals surface area contributed by atoms with Gasteiger partial charge in [0.15, 0.2) is 29.2 Å². The van der Waals surface area contributed by atoms with Gasteiger partial charge in [-0.15, -0.1) is 0 Å². The number of nitrogens with zero attached hydrogens (tertiary/aromatic N) is 4. The molecule has 460 valence electrons. The van der Waals surface area contributed by atoms with Crippen LogP contribution in [0.15, 0.2) is 77.1 Å². The third-order valence-corrected chi connectivity index (χ3v) is 14.9. The van der Waals surface area contributed by atoms with Crippen molar-refractivity contribution in [2.75, 3.05) is 77.7 Å². The fourth-order valence-corrected chi connectivity index (χ4v) is 10.2. The number of ether oxygens (including phenoxy) is 8. The number of nitrogens with one attached hydrogen (secondary N) is 5. The largest absolute Gasteiger partial charge is 0.493 e. The SMILES string of the molecule is COC(=O)NS(=O)(=O)NCCOCCOCC(=O)N[C@H](C(=O)N[C@@H](C)C(=O)Nc1ccc(COC(=O)N2c3cc(OCCCCCOc4cc5c(cc4OC)C(=O)N4C=C(C)CC4C=N5)c(OC)cc3C(=O)N3C=C(C)C[C@H]3[C@@H]2O)cc1)C(C)C. The van der Waals surface area contributed by atoms with E-state index in [1.54, 1.807) is 72.3 Å². The van der Waals surface area contributed by atoms with Crippen LogP contribution in [0.25, 0.3) is 0 Å². The van der Waals surface area contributed by atoms with Crippen molar-refractivity contribution in [2.45, 2.75) is 104 Å². The molecule has 1 unspecified atom stereocenters. The number of rotatable bonds is 28. The average Bonchev–Trinajstić information content (AvgIpc) is 1.89. The highest BCUT2D eigenvalue weighted by molar-refractivity contribution is 7.88. The Morgan fingerprint density at radius 3 is 2.05 bits per heavy atom. The van der Waals surface area contributed by atoms with Crippen LogP contribution >= 0.6 is 0 Å². The summed E-state index contributed by atoms with van der Waals surface area (Å²) in [7, 11) is -0.162. The van der Waals surface area contributed by atoms with Crippen LogP contribution in [0, 0.1) is 5.92 Å². The fraction of sp³-hybridized carbons (Fsp3) is 0.474. The maximum atomic E-state index is 14.2. The number of benzene rings is 3. The molecule has 0 aromatic heterocycles. The molecular formula is C57H73N9O18S. The van der Waals surface area contributed by atoms with Crippen molar-refractivity contribution >= 4 is 75.2 Å². The summed E-state index contributed by atoms with van der Waals surface area (Å²) in [6.45, 7) is 8.31. The predicted octanol–water partition coefficient (Wildman–Crippen LogP) is 4.57. The number of aliphatic hydroxyl groups is 1. The van der Waals surface area contributed by atoms with Gasteiger partial charge < -0.3 is 68.8 Å². The summed E-state index contributed by atoms with van der Waals surface area (Å²) in [5.41, 5.74) is 3.84. The van der Waals surface area contributed by atoms with Gasteiger partial charge in [-0.05, 0) is 88.6 Å². The van der Waals surface area contributed by atoms with Gasteiger partial charge in [0, 0.05) is 43.0 Å². The lowest BCUT2D eigenvalue weighted by molar-refractivity contribution is -0.133. The number of amides is 7. The van der Waals surface area contributed by atoms with E-state index in [0.29, 0.717) is 66.3 Å². The van der Waals surface area contributed by atoms with Gasteiger partial charge in [-0.25, -0.2) is 19.2 Å². The highest BCUT2D eigenvalue weighted by Gasteiger charge is 2.45. The maximum absolute atomic E-state index is 14.2. The smallest absolute Gasteiger partial charge is 0.421 e. The molecule has 4 aliphatic heterocycles. The zero-order chi connectivity index (χ0) is 61.5. The molecule has 0 radical (unpaired) electrons. The monoisotopic (exact) mass is 1200 g/mol. The van der Waals surface area contributed by atoms with Crippen LogP contribution in [0.5, 0.6) is 23.0 Å². The van der Waals surface area contributed by atoms with Crippen LogP contribution in [0.3, 0.4) is 0 Å². The molecule has 4 heterocycles. The van der Waals surface area contributed by atoms with E-state index in [1.807, 2.05) is 20.0 Å². The highest BCUT2D eigenvalue weighted by Crippen LogP contribution is 2.43. The normalized spacial score (nSPS) is 17.6. The minimum Gasteiger partial charge on any atom is -0.493 e. The molecule has 0 saturated heterocycles. The Labute approximate surface area is 492 Å². The number of anilines is 2. The first-order valence-electron chi connectivity index (χ1n) is 27.5. The zero-order valence-corrected chi connectivity index (χ0v) is 49.4. The van der Waals surface area contributed by atoms with E-state index in [0.717, 1.165) is 29.6 Å². The van der Waals surface area contributed by atoms with E-state index < -0.39 is 77.0 Å². The van der Waals surface area contributed by atoms with Crippen LogP contribution in [0.1, 0.15) is 93.0 Å². The van der Waals surface area contributed by atoms with E-state index >= 15 is 0 Å². The van der Waals surface area contributed by atoms with Crippen LogP contribution < -0.4 is 49.2 Å². The molecule has 4 aliphatic rings. The van der Waals surface area contributed by atoms with Gasteiger partial charge in [-0.3, -0.25) is 29.0 Å². The van der Waals surface area contributed by atoms with E-state index in [9.17, 15) is 47.1 Å². The Hall–Kier alpha value is -8.31. The molecule has 7 rings (SSSR count). The second kappa shape index (κ2) is 29.5. The molecule has 85 heavy (non-hydrogen) atoms. The third kappa shape index (κ3) is 16.7. The summed E-state index contributed by atoms with van der Waals surface area (Å²) in [5.74, 6) is -1.46. The van der Waals surface area contributed by atoms with Crippen molar-refractivity contribution in [2.24, 2.45) is 10.9 Å². The van der Waals surface area contributed by atoms with E-state index in [1.165, 1.54) is 38.2 Å². The number of unbranched alkanes of at least 4 members (excludes halogenated alkanes) is 2. The van der Waals surface area contributed by atoms with Crippen molar-refractivity contribution in [3.63, 3.8) is 0 Å². The average molecular weight is 1200 g/mol. The molecule has 5 atom stereocenters. The lowest BCUT2D eigenvalue weighted by Gasteiger charge is -2.31. The number of hydrogen-bond donors (Lipinski definition) is 6. The first-order chi connectivity index (χ1) is 40.6.